The van der Waals surface area contributed by atoms with E-state index in [-0.39, 0.29) is 0 Å². The Kier molecular flexibility index (Phi) is 4.39. The summed E-state index contributed by atoms with van der Waals surface area (Å²) in [6, 6.07) is 9.96. The molecule has 0 aliphatic heterocycles. The number of fused-ring (bicyclic) bond motifs is 1. The first-order valence-electron chi connectivity index (χ1n) is 7.77. The third-order valence-corrected chi connectivity index (χ3v) is 7.30. The van der Waals surface area contributed by atoms with Gasteiger partial charge < -0.3 is 0 Å². The third kappa shape index (κ3) is 3.04. The Hall–Kier alpha value is -1.94. The van der Waals surface area contributed by atoms with Crippen molar-refractivity contribution >= 4 is 65.6 Å². The smallest absolute Gasteiger partial charge is 0.163 e. The Morgan fingerprint density at radius 2 is 1.85 bits per heavy atom. The molecule has 5 heterocycles. The average Bonchev–Trinajstić information content (AvgIpc) is 3.42. The van der Waals surface area contributed by atoms with Crippen LogP contribution in [0.3, 0.4) is 0 Å². The summed E-state index contributed by atoms with van der Waals surface area (Å²) in [5.74, 6) is 0. The molecule has 0 bridgehead atoms. The fraction of sp³-hybridized carbons (Fsp3) is 0. The molecule has 9 heteroatoms. The van der Waals surface area contributed by atoms with E-state index in [4.69, 9.17) is 9.61 Å². The van der Waals surface area contributed by atoms with Gasteiger partial charge in [0.1, 0.15) is 11.2 Å². The molecule has 0 fully saturated rings. The first-order valence-corrected chi connectivity index (χ1v) is 11.1. The van der Waals surface area contributed by atoms with Crippen molar-refractivity contribution in [3.05, 3.63) is 56.4 Å². The van der Waals surface area contributed by atoms with Crippen LogP contribution >= 0.6 is 54.5 Å². The van der Waals surface area contributed by atoms with Crippen LogP contribution in [0.4, 0.5) is 0 Å². The van der Waals surface area contributed by atoms with Gasteiger partial charge in [0.25, 0.3) is 0 Å². The SMILES string of the molecule is Brc1csc(-c2c(-c3cccnc3)nc(-c3ccc(Br)s3)c3nonc23)c1. The minimum atomic E-state index is 0.650. The summed E-state index contributed by atoms with van der Waals surface area (Å²) >= 11 is 10.3. The van der Waals surface area contributed by atoms with Crippen LogP contribution in [0, 0.1) is 0 Å². The maximum atomic E-state index is 5.12. The molecular weight excluding hydrogens is 512 g/mol. The van der Waals surface area contributed by atoms with Crippen molar-refractivity contribution < 1.29 is 4.63 Å². The van der Waals surface area contributed by atoms with Crippen LogP contribution in [0.5, 0.6) is 0 Å². The molecule has 0 N–H and O–H groups in total. The number of rotatable bonds is 3. The molecule has 27 heavy (non-hydrogen) atoms. The maximum absolute atomic E-state index is 5.12. The topological polar surface area (TPSA) is 64.7 Å². The second-order valence-electron chi connectivity index (χ2n) is 5.62. The summed E-state index contributed by atoms with van der Waals surface area (Å²) in [5.41, 5.74) is 4.71. The number of hydrogen-bond donors (Lipinski definition) is 0. The van der Waals surface area contributed by atoms with Gasteiger partial charge in [-0.25, -0.2) is 9.61 Å². The van der Waals surface area contributed by atoms with Gasteiger partial charge in [-0.3, -0.25) is 4.98 Å². The van der Waals surface area contributed by atoms with Gasteiger partial charge in [-0.15, -0.1) is 22.7 Å². The molecular formula is C18H8Br2N4OS2. The highest BCUT2D eigenvalue weighted by Crippen LogP contribution is 2.43. The number of pyridine rings is 2. The first kappa shape index (κ1) is 17.2. The first-order chi connectivity index (χ1) is 13.2. The van der Waals surface area contributed by atoms with Crippen LogP contribution in [0.2, 0.25) is 0 Å². The molecule has 5 rings (SSSR count). The summed E-state index contributed by atoms with van der Waals surface area (Å²) in [7, 11) is 0. The van der Waals surface area contributed by atoms with E-state index >= 15 is 0 Å². The predicted molar refractivity (Wildman–Crippen MR) is 115 cm³/mol. The normalized spacial score (nSPS) is 11.3. The fourth-order valence-corrected chi connectivity index (χ4v) is 5.69. The van der Waals surface area contributed by atoms with Crippen molar-refractivity contribution in [3.63, 3.8) is 0 Å². The van der Waals surface area contributed by atoms with Gasteiger partial charge >= 0.3 is 0 Å². The van der Waals surface area contributed by atoms with E-state index in [1.165, 1.54) is 0 Å². The average molecular weight is 520 g/mol. The summed E-state index contributed by atoms with van der Waals surface area (Å²) in [6.07, 6.45) is 3.56. The van der Waals surface area contributed by atoms with Crippen molar-refractivity contribution in [1.29, 1.82) is 0 Å². The zero-order valence-electron chi connectivity index (χ0n) is 13.4. The summed E-state index contributed by atoms with van der Waals surface area (Å²) in [5, 5.41) is 10.4. The largest absolute Gasteiger partial charge is 0.264 e. The molecule has 0 unspecified atom stereocenters. The van der Waals surface area contributed by atoms with Crippen LogP contribution in [0.25, 0.3) is 43.3 Å². The predicted octanol–water partition coefficient (Wildman–Crippen LogP) is 6.66. The number of aromatic nitrogens is 4. The third-order valence-electron chi connectivity index (χ3n) is 3.97. The van der Waals surface area contributed by atoms with Crippen LogP contribution in [-0.4, -0.2) is 20.3 Å². The van der Waals surface area contributed by atoms with Gasteiger partial charge in [0.15, 0.2) is 5.52 Å². The van der Waals surface area contributed by atoms with E-state index in [1.54, 1.807) is 28.9 Å². The van der Waals surface area contributed by atoms with Gasteiger partial charge in [-0.05, 0) is 72.5 Å². The van der Waals surface area contributed by atoms with E-state index in [0.29, 0.717) is 11.0 Å². The molecule has 5 nitrogen and oxygen atoms in total. The zero-order chi connectivity index (χ0) is 18.4. The molecule has 0 saturated heterocycles. The Morgan fingerprint density at radius 1 is 0.963 bits per heavy atom. The van der Waals surface area contributed by atoms with Gasteiger partial charge in [0.2, 0.25) is 0 Å². The van der Waals surface area contributed by atoms with E-state index in [2.05, 4.69) is 53.2 Å². The van der Waals surface area contributed by atoms with Crippen LogP contribution < -0.4 is 0 Å². The molecule has 0 aliphatic carbocycles. The minimum Gasteiger partial charge on any atom is -0.264 e. The molecule has 0 amide bonds. The van der Waals surface area contributed by atoms with Crippen molar-refractivity contribution in [2.75, 3.05) is 0 Å². The number of thiophene rings is 2. The molecule has 0 radical (unpaired) electrons. The quantitative estimate of drug-likeness (QED) is 0.266. The van der Waals surface area contributed by atoms with Crippen LogP contribution in [0.15, 0.2) is 61.0 Å². The summed E-state index contributed by atoms with van der Waals surface area (Å²) < 4.78 is 7.16. The number of halogens is 2. The molecule has 0 aromatic carbocycles. The van der Waals surface area contributed by atoms with Gasteiger partial charge in [-0.1, -0.05) is 0 Å². The van der Waals surface area contributed by atoms with Crippen molar-refractivity contribution in [2.45, 2.75) is 0 Å². The van der Waals surface area contributed by atoms with Gasteiger partial charge in [-0.2, -0.15) is 0 Å². The molecule has 0 spiro atoms. The summed E-state index contributed by atoms with van der Waals surface area (Å²) in [6.45, 7) is 0. The second-order valence-corrected chi connectivity index (χ2v) is 9.91. The molecule has 132 valence electrons. The molecule has 0 aliphatic rings. The Balaban J connectivity index is 1.89. The lowest BCUT2D eigenvalue weighted by molar-refractivity contribution is 0.315. The molecule has 0 atom stereocenters. The molecule has 0 saturated carbocycles. The Bertz CT molecular complexity index is 1260. The Morgan fingerprint density at radius 3 is 2.56 bits per heavy atom. The van der Waals surface area contributed by atoms with E-state index in [1.807, 2.05) is 35.8 Å². The van der Waals surface area contributed by atoms with Gasteiger partial charge in [0.05, 0.1) is 14.4 Å². The second kappa shape index (κ2) is 6.90. The Labute approximate surface area is 178 Å². The molecule has 5 aromatic heterocycles. The number of hydrogen-bond acceptors (Lipinski definition) is 7. The highest BCUT2D eigenvalue weighted by Gasteiger charge is 2.23. The van der Waals surface area contributed by atoms with E-state index < -0.39 is 0 Å². The van der Waals surface area contributed by atoms with Gasteiger partial charge in [0, 0.05) is 38.3 Å². The standard InChI is InChI=1S/C18H8Br2N4OS2/c19-10-6-12(26-8-10)14-15(9-2-1-5-21-7-9)22-16(11-3-4-13(20)27-11)18-17(14)23-25-24-18/h1-8H. The lowest BCUT2D eigenvalue weighted by Crippen LogP contribution is -1.94. The monoisotopic (exact) mass is 518 g/mol. The minimum absolute atomic E-state index is 0.650. The molecule has 5 aromatic rings. The van der Waals surface area contributed by atoms with E-state index in [0.717, 1.165) is 40.5 Å². The van der Waals surface area contributed by atoms with Crippen molar-refractivity contribution in [1.82, 2.24) is 20.3 Å². The zero-order valence-corrected chi connectivity index (χ0v) is 18.2. The summed E-state index contributed by atoms with van der Waals surface area (Å²) in [4.78, 5) is 11.3. The lowest BCUT2D eigenvalue weighted by Gasteiger charge is -2.10. The van der Waals surface area contributed by atoms with Crippen molar-refractivity contribution in [2.24, 2.45) is 0 Å². The van der Waals surface area contributed by atoms with Crippen molar-refractivity contribution in [3.8, 4) is 32.3 Å². The maximum Gasteiger partial charge on any atom is 0.163 e. The highest BCUT2D eigenvalue weighted by atomic mass is 79.9. The van der Waals surface area contributed by atoms with E-state index in [9.17, 15) is 0 Å². The lowest BCUT2D eigenvalue weighted by atomic mass is 10.0. The van der Waals surface area contributed by atoms with Crippen LogP contribution in [-0.2, 0) is 0 Å². The van der Waals surface area contributed by atoms with Crippen LogP contribution in [0.1, 0.15) is 0 Å². The fourth-order valence-electron chi connectivity index (χ4n) is 2.84. The highest BCUT2D eigenvalue weighted by molar-refractivity contribution is 9.11. The number of nitrogens with zero attached hydrogens (tertiary/aromatic N) is 4.